The van der Waals surface area contributed by atoms with E-state index < -0.39 is 29.0 Å². The quantitative estimate of drug-likeness (QED) is 0.831. The lowest BCUT2D eigenvalue weighted by atomic mass is 9.66. The fraction of sp³-hybridized carbons (Fsp3) is 0.500. The molecule has 132 valence electrons. The average Bonchev–Trinajstić information content (AvgIpc) is 2.47. The van der Waals surface area contributed by atoms with Gasteiger partial charge in [0.2, 0.25) is 5.91 Å². The number of rotatable bonds is 6. The number of alkyl halides is 3. The molecule has 1 aromatic rings. The second kappa shape index (κ2) is 6.70. The number of benzene rings is 1. The van der Waals surface area contributed by atoms with Crippen molar-refractivity contribution >= 4 is 11.9 Å². The average molecular weight is 345 g/mol. The summed E-state index contributed by atoms with van der Waals surface area (Å²) in [6.45, 7) is -0.326. The van der Waals surface area contributed by atoms with Gasteiger partial charge in [0.1, 0.15) is 5.75 Å². The van der Waals surface area contributed by atoms with Crippen LogP contribution in [0.25, 0.3) is 0 Å². The number of halogens is 3. The summed E-state index contributed by atoms with van der Waals surface area (Å²) in [5.41, 5.74) is -2.06. The van der Waals surface area contributed by atoms with Gasteiger partial charge in [-0.3, -0.25) is 9.59 Å². The van der Waals surface area contributed by atoms with Crippen LogP contribution in [0.3, 0.4) is 0 Å². The van der Waals surface area contributed by atoms with Gasteiger partial charge in [0.25, 0.3) is 0 Å². The first-order valence-corrected chi connectivity index (χ1v) is 7.42. The van der Waals surface area contributed by atoms with Gasteiger partial charge in [0.15, 0.2) is 0 Å². The lowest BCUT2D eigenvalue weighted by Crippen LogP contribution is -2.42. The number of methoxy groups -OCH3 is 1. The summed E-state index contributed by atoms with van der Waals surface area (Å²) in [6.07, 6.45) is -3.25. The van der Waals surface area contributed by atoms with Crippen LogP contribution in [0, 0.1) is 5.41 Å². The van der Waals surface area contributed by atoms with Gasteiger partial charge in [0, 0.05) is 13.0 Å². The van der Waals surface area contributed by atoms with E-state index in [-0.39, 0.29) is 24.3 Å². The standard InChI is InChI=1S/C16H18F3NO4/c1-24-11-4-3-10(12(7-11)16(17,18)19)9-20-13(21)8-15(14(22)23)5-2-6-15/h3-4,7H,2,5-6,8-9H2,1H3,(H,20,21)(H,22,23). The number of hydrogen-bond acceptors (Lipinski definition) is 3. The van der Waals surface area contributed by atoms with Gasteiger partial charge < -0.3 is 15.2 Å². The first kappa shape index (κ1) is 18.1. The Labute approximate surface area is 136 Å². The highest BCUT2D eigenvalue weighted by molar-refractivity contribution is 5.85. The molecule has 1 fully saturated rings. The molecule has 0 saturated heterocycles. The summed E-state index contributed by atoms with van der Waals surface area (Å²) in [6, 6.07) is 3.48. The highest BCUT2D eigenvalue weighted by Crippen LogP contribution is 2.44. The van der Waals surface area contributed by atoms with Crippen molar-refractivity contribution in [3.63, 3.8) is 0 Å². The minimum atomic E-state index is -4.58. The number of carbonyl (C=O) groups excluding carboxylic acids is 1. The molecule has 1 saturated carbocycles. The molecule has 1 amide bonds. The molecule has 2 rings (SSSR count). The highest BCUT2D eigenvalue weighted by Gasteiger charge is 2.45. The number of carboxylic acid groups (broad SMARTS) is 1. The molecule has 8 heteroatoms. The predicted molar refractivity (Wildman–Crippen MR) is 78.4 cm³/mol. The molecule has 0 unspecified atom stereocenters. The number of ether oxygens (including phenoxy) is 1. The van der Waals surface area contributed by atoms with Gasteiger partial charge in [-0.15, -0.1) is 0 Å². The summed E-state index contributed by atoms with van der Waals surface area (Å²) in [5.74, 6) is -1.54. The van der Waals surface area contributed by atoms with Gasteiger partial charge in [0.05, 0.1) is 18.1 Å². The largest absolute Gasteiger partial charge is 0.497 e. The van der Waals surface area contributed by atoms with E-state index in [1.807, 2.05) is 0 Å². The first-order chi connectivity index (χ1) is 11.2. The van der Waals surface area contributed by atoms with Crippen LogP contribution in [0.5, 0.6) is 5.75 Å². The van der Waals surface area contributed by atoms with Crippen molar-refractivity contribution in [3.05, 3.63) is 29.3 Å². The molecule has 24 heavy (non-hydrogen) atoms. The molecular formula is C16H18F3NO4. The lowest BCUT2D eigenvalue weighted by molar-refractivity contribution is -0.157. The van der Waals surface area contributed by atoms with Crippen molar-refractivity contribution < 1.29 is 32.6 Å². The maximum atomic E-state index is 13.1. The Morgan fingerprint density at radius 1 is 1.33 bits per heavy atom. The van der Waals surface area contributed by atoms with Crippen molar-refractivity contribution in [1.29, 1.82) is 0 Å². The Morgan fingerprint density at radius 2 is 2.00 bits per heavy atom. The third-order valence-corrected chi connectivity index (χ3v) is 4.36. The Bertz CT molecular complexity index is 639. The second-order valence-corrected chi connectivity index (χ2v) is 5.91. The zero-order chi connectivity index (χ0) is 18.0. The summed E-state index contributed by atoms with van der Waals surface area (Å²) >= 11 is 0. The molecular weight excluding hydrogens is 327 g/mol. The summed E-state index contributed by atoms with van der Waals surface area (Å²) < 4.78 is 44.0. The van der Waals surface area contributed by atoms with Crippen LogP contribution in [0.1, 0.15) is 36.8 Å². The molecule has 2 N–H and O–H groups in total. The molecule has 1 aromatic carbocycles. The fourth-order valence-corrected chi connectivity index (χ4v) is 2.73. The van der Waals surface area contributed by atoms with Crippen molar-refractivity contribution in [2.24, 2.45) is 5.41 Å². The molecule has 0 atom stereocenters. The zero-order valence-electron chi connectivity index (χ0n) is 13.1. The summed E-state index contributed by atoms with van der Waals surface area (Å²) in [5, 5.41) is 11.6. The fourth-order valence-electron chi connectivity index (χ4n) is 2.73. The smallest absolute Gasteiger partial charge is 0.416 e. The molecule has 1 aliphatic rings. The van der Waals surface area contributed by atoms with Crippen LogP contribution >= 0.6 is 0 Å². The Kier molecular flexibility index (Phi) is 5.05. The number of carbonyl (C=O) groups is 2. The van der Waals surface area contributed by atoms with Crippen LogP contribution < -0.4 is 10.1 Å². The van der Waals surface area contributed by atoms with E-state index in [9.17, 15) is 27.9 Å². The van der Waals surface area contributed by atoms with E-state index in [1.165, 1.54) is 19.2 Å². The molecule has 0 radical (unpaired) electrons. The van der Waals surface area contributed by atoms with Crippen LogP contribution in [0.15, 0.2) is 18.2 Å². The maximum absolute atomic E-state index is 13.1. The zero-order valence-corrected chi connectivity index (χ0v) is 13.1. The van der Waals surface area contributed by atoms with Gasteiger partial charge in [-0.25, -0.2) is 0 Å². The highest BCUT2D eigenvalue weighted by atomic mass is 19.4. The maximum Gasteiger partial charge on any atom is 0.416 e. The Hall–Kier alpha value is -2.25. The monoisotopic (exact) mass is 345 g/mol. The minimum absolute atomic E-state index is 0.0664. The number of nitrogens with one attached hydrogen (secondary N) is 1. The lowest BCUT2D eigenvalue weighted by Gasteiger charge is -2.36. The summed E-state index contributed by atoms with van der Waals surface area (Å²) in [7, 11) is 1.26. The second-order valence-electron chi connectivity index (χ2n) is 5.91. The number of aliphatic carboxylic acids is 1. The minimum Gasteiger partial charge on any atom is -0.497 e. The van der Waals surface area contributed by atoms with E-state index in [4.69, 9.17) is 4.74 Å². The Morgan fingerprint density at radius 3 is 2.46 bits per heavy atom. The van der Waals surface area contributed by atoms with E-state index in [0.29, 0.717) is 12.8 Å². The van der Waals surface area contributed by atoms with E-state index in [0.717, 1.165) is 12.5 Å². The molecule has 0 aliphatic heterocycles. The SMILES string of the molecule is COc1ccc(CNC(=O)CC2(C(=O)O)CCC2)c(C(F)(F)F)c1. The van der Waals surface area contributed by atoms with Crippen LogP contribution in [-0.2, 0) is 22.3 Å². The molecule has 1 aliphatic carbocycles. The molecule has 0 bridgehead atoms. The number of hydrogen-bond donors (Lipinski definition) is 2. The van der Waals surface area contributed by atoms with Crippen LogP contribution in [0.2, 0.25) is 0 Å². The van der Waals surface area contributed by atoms with E-state index >= 15 is 0 Å². The topological polar surface area (TPSA) is 75.6 Å². The molecule has 0 spiro atoms. The van der Waals surface area contributed by atoms with E-state index in [2.05, 4.69) is 5.32 Å². The van der Waals surface area contributed by atoms with Crippen LogP contribution in [-0.4, -0.2) is 24.1 Å². The number of amides is 1. The predicted octanol–water partition coefficient (Wildman–Crippen LogP) is 2.98. The van der Waals surface area contributed by atoms with Crippen molar-refractivity contribution in [1.82, 2.24) is 5.32 Å². The normalized spacial score (nSPS) is 16.2. The summed E-state index contributed by atoms with van der Waals surface area (Å²) in [4.78, 5) is 23.2. The third-order valence-electron chi connectivity index (χ3n) is 4.36. The third kappa shape index (κ3) is 3.80. The molecule has 0 heterocycles. The van der Waals surface area contributed by atoms with Gasteiger partial charge >= 0.3 is 12.1 Å². The van der Waals surface area contributed by atoms with Crippen LogP contribution in [0.4, 0.5) is 13.2 Å². The van der Waals surface area contributed by atoms with Gasteiger partial charge in [-0.2, -0.15) is 13.2 Å². The van der Waals surface area contributed by atoms with Crippen molar-refractivity contribution in [2.75, 3.05) is 7.11 Å². The number of carboxylic acids is 1. The first-order valence-electron chi connectivity index (χ1n) is 7.42. The van der Waals surface area contributed by atoms with Crippen molar-refractivity contribution in [3.8, 4) is 5.75 Å². The molecule has 0 aromatic heterocycles. The van der Waals surface area contributed by atoms with Gasteiger partial charge in [-0.05, 0) is 30.5 Å². The Balaban J connectivity index is 2.06. The van der Waals surface area contributed by atoms with E-state index in [1.54, 1.807) is 0 Å². The van der Waals surface area contributed by atoms with Crippen molar-refractivity contribution in [2.45, 2.75) is 38.4 Å². The molecule has 5 nitrogen and oxygen atoms in total. The van der Waals surface area contributed by atoms with Gasteiger partial charge in [-0.1, -0.05) is 12.5 Å².